The van der Waals surface area contributed by atoms with Gasteiger partial charge in [-0.3, -0.25) is 0 Å². The molecule has 2 N–H and O–H groups in total. The Morgan fingerprint density at radius 1 is 1.43 bits per heavy atom. The third kappa shape index (κ3) is 2.84. The van der Waals surface area contributed by atoms with Crippen molar-refractivity contribution in [2.45, 2.75) is 39.7 Å². The molecule has 0 spiro atoms. The fraction of sp³-hybridized carbons (Fsp3) is 0.727. The minimum absolute atomic E-state index is 0.0947. The summed E-state index contributed by atoms with van der Waals surface area (Å²) < 4.78 is 2.02. The van der Waals surface area contributed by atoms with Crippen molar-refractivity contribution in [2.24, 2.45) is 18.7 Å². The van der Waals surface area contributed by atoms with E-state index in [4.69, 9.17) is 5.73 Å². The Balaban J connectivity index is 2.56. The van der Waals surface area contributed by atoms with Crippen molar-refractivity contribution in [3.8, 4) is 0 Å². The highest BCUT2D eigenvalue weighted by atomic mass is 15.0. The fourth-order valence-corrected chi connectivity index (χ4v) is 1.43. The Morgan fingerprint density at radius 3 is 2.50 bits per heavy atom. The summed E-state index contributed by atoms with van der Waals surface area (Å²) in [5.74, 6) is 1.74. The van der Waals surface area contributed by atoms with Crippen LogP contribution < -0.4 is 5.73 Å². The van der Waals surface area contributed by atoms with Gasteiger partial charge in [0.1, 0.15) is 5.82 Å². The van der Waals surface area contributed by atoms with Crippen molar-refractivity contribution < 1.29 is 0 Å². The van der Waals surface area contributed by atoms with Gasteiger partial charge in [0.2, 0.25) is 0 Å². The van der Waals surface area contributed by atoms with E-state index in [9.17, 15) is 0 Å². The van der Waals surface area contributed by atoms with Gasteiger partial charge in [-0.05, 0) is 25.7 Å². The van der Waals surface area contributed by atoms with Gasteiger partial charge in [0, 0.05) is 19.3 Å². The van der Waals surface area contributed by atoms with Gasteiger partial charge in [0.15, 0.2) is 0 Å². The molecule has 0 fully saturated rings. The van der Waals surface area contributed by atoms with E-state index in [0.717, 1.165) is 24.4 Å². The second kappa shape index (κ2) is 4.60. The van der Waals surface area contributed by atoms with E-state index < -0.39 is 0 Å². The normalized spacial score (nSPS) is 13.6. The summed E-state index contributed by atoms with van der Waals surface area (Å²) >= 11 is 0. The number of imidazole rings is 1. The molecule has 0 bridgehead atoms. The topological polar surface area (TPSA) is 43.8 Å². The lowest BCUT2D eigenvalue weighted by atomic mass is 10.0. The predicted molar refractivity (Wildman–Crippen MR) is 58.9 cm³/mol. The second-order valence-electron chi connectivity index (χ2n) is 4.40. The number of rotatable bonds is 4. The molecular weight excluding hydrogens is 174 g/mol. The number of aromatic nitrogens is 2. The van der Waals surface area contributed by atoms with Crippen LogP contribution in [-0.4, -0.2) is 9.55 Å². The van der Waals surface area contributed by atoms with Gasteiger partial charge in [0.25, 0.3) is 0 Å². The summed E-state index contributed by atoms with van der Waals surface area (Å²) in [6.07, 6.45) is 4.21. The van der Waals surface area contributed by atoms with E-state index in [1.54, 1.807) is 0 Å². The molecular formula is C11H21N3. The van der Waals surface area contributed by atoms with Gasteiger partial charge < -0.3 is 10.3 Å². The average Bonchev–Trinajstić information content (AvgIpc) is 2.43. The molecule has 1 unspecified atom stereocenters. The van der Waals surface area contributed by atoms with Crippen LogP contribution in [0.4, 0.5) is 0 Å². The van der Waals surface area contributed by atoms with Crippen LogP contribution in [0.1, 0.15) is 44.2 Å². The quantitative estimate of drug-likeness (QED) is 0.800. The lowest BCUT2D eigenvalue weighted by molar-refractivity contribution is 0.502. The Hall–Kier alpha value is -0.830. The van der Waals surface area contributed by atoms with Crippen LogP contribution in [0.3, 0.4) is 0 Å². The van der Waals surface area contributed by atoms with Gasteiger partial charge in [-0.1, -0.05) is 13.8 Å². The summed E-state index contributed by atoms with van der Waals surface area (Å²) in [6.45, 7) is 6.44. The third-order valence-corrected chi connectivity index (χ3v) is 2.56. The Labute approximate surface area is 86.3 Å². The van der Waals surface area contributed by atoms with Crippen LogP contribution in [0.25, 0.3) is 0 Å². The molecule has 1 rings (SSSR count). The first-order valence-corrected chi connectivity index (χ1v) is 5.26. The highest BCUT2D eigenvalue weighted by molar-refractivity contribution is 5.07. The molecule has 80 valence electrons. The van der Waals surface area contributed by atoms with E-state index in [1.165, 1.54) is 0 Å². The summed E-state index contributed by atoms with van der Waals surface area (Å²) in [5, 5.41) is 0. The second-order valence-corrected chi connectivity index (χ2v) is 4.40. The molecule has 0 radical (unpaired) electrons. The number of aryl methyl sites for hydroxylation is 2. The maximum Gasteiger partial charge on any atom is 0.105 e. The molecule has 14 heavy (non-hydrogen) atoms. The van der Waals surface area contributed by atoms with E-state index >= 15 is 0 Å². The Morgan fingerprint density at radius 2 is 2.07 bits per heavy atom. The molecule has 0 aliphatic heterocycles. The summed E-state index contributed by atoms with van der Waals surface area (Å²) in [7, 11) is 2.00. The van der Waals surface area contributed by atoms with E-state index in [2.05, 4.69) is 18.8 Å². The first kappa shape index (κ1) is 11.2. The molecule has 0 aliphatic rings. The van der Waals surface area contributed by atoms with Crippen molar-refractivity contribution in [2.75, 3.05) is 0 Å². The standard InChI is InChI=1S/C11H21N3/c1-8(2)5-6-10(12)11-7-14(4)9(3)13-11/h7-8,10H,5-6,12H2,1-4H3. The van der Waals surface area contributed by atoms with Crippen LogP contribution in [0.5, 0.6) is 0 Å². The molecule has 1 atom stereocenters. The lowest BCUT2D eigenvalue weighted by Gasteiger charge is -2.10. The van der Waals surface area contributed by atoms with Crippen molar-refractivity contribution in [3.05, 3.63) is 17.7 Å². The molecule has 0 aliphatic carbocycles. The highest BCUT2D eigenvalue weighted by Gasteiger charge is 2.10. The van der Waals surface area contributed by atoms with E-state index in [0.29, 0.717) is 5.92 Å². The van der Waals surface area contributed by atoms with Crippen molar-refractivity contribution >= 4 is 0 Å². The first-order chi connectivity index (χ1) is 6.50. The van der Waals surface area contributed by atoms with E-state index in [1.807, 2.05) is 24.7 Å². The summed E-state index contributed by atoms with van der Waals surface area (Å²) in [6, 6.07) is 0.0947. The predicted octanol–water partition coefficient (Wildman–Crippen LogP) is 2.16. The number of hydrogen-bond donors (Lipinski definition) is 1. The van der Waals surface area contributed by atoms with Crippen LogP contribution in [-0.2, 0) is 7.05 Å². The van der Waals surface area contributed by atoms with Gasteiger partial charge in [-0.2, -0.15) is 0 Å². The summed E-state index contributed by atoms with van der Waals surface area (Å²) in [4.78, 5) is 4.43. The monoisotopic (exact) mass is 195 g/mol. The van der Waals surface area contributed by atoms with Crippen molar-refractivity contribution in [1.82, 2.24) is 9.55 Å². The Bertz CT molecular complexity index is 269. The van der Waals surface area contributed by atoms with E-state index in [-0.39, 0.29) is 6.04 Å². The summed E-state index contributed by atoms with van der Waals surface area (Å²) in [5.41, 5.74) is 7.07. The molecule has 0 aromatic carbocycles. The van der Waals surface area contributed by atoms with Gasteiger partial charge >= 0.3 is 0 Å². The zero-order valence-corrected chi connectivity index (χ0v) is 9.62. The minimum Gasteiger partial charge on any atom is -0.338 e. The van der Waals surface area contributed by atoms with Gasteiger partial charge in [-0.15, -0.1) is 0 Å². The molecule has 1 aromatic heterocycles. The van der Waals surface area contributed by atoms with Gasteiger partial charge in [-0.25, -0.2) is 4.98 Å². The lowest BCUT2D eigenvalue weighted by Crippen LogP contribution is -2.11. The molecule has 3 nitrogen and oxygen atoms in total. The van der Waals surface area contributed by atoms with Crippen molar-refractivity contribution in [1.29, 1.82) is 0 Å². The third-order valence-electron chi connectivity index (χ3n) is 2.56. The smallest absolute Gasteiger partial charge is 0.105 e. The number of nitrogens with zero attached hydrogens (tertiary/aromatic N) is 2. The van der Waals surface area contributed by atoms with Gasteiger partial charge in [0.05, 0.1) is 5.69 Å². The zero-order valence-electron chi connectivity index (χ0n) is 9.62. The van der Waals surface area contributed by atoms with Crippen LogP contribution in [0.15, 0.2) is 6.20 Å². The average molecular weight is 195 g/mol. The maximum atomic E-state index is 6.05. The minimum atomic E-state index is 0.0947. The largest absolute Gasteiger partial charge is 0.338 e. The highest BCUT2D eigenvalue weighted by Crippen LogP contribution is 2.17. The van der Waals surface area contributed by atoms with Crippen LogP contribution >= 0.6 is 0 Å². The fourth-order valence-electron chi connectivity index (χ4n) is 1.43. The molecule has 1 heterocycles. The zero-order chi connectivity index (χ0) is 10.7. The van der Waals surface area contributed by atoms with Crippen LogP contribution in [0.2, 0.25) is 0 Å². The first-order valence-electron chi connectivity index (χ1n) is 5.26. The Kier molecular flexibility index (Phi) is 3.69. The molecule has 0 amide bonds. The SMILES string of the molecule is Cc1nc(C(N)CCC(C)C)cn1C. The molecule has 0 saturated carbocycles. The van der Waals surface area contributed by atoms with Crippen molar-refractivity contribution in [3.63, 3.8) is 0 Å². The van der Waals surface area contributed by atoms with Crippen LogP contribution in [0, 0.1) is 12.8 Å². The maximum absolute atomic E-state index is 6.05. The molecule has 3 heteroatoms. The molecule has 1 aromatic rings. The number of nitrogens with two attached hydrogens (primary N) is 1. The number of hydrogen-bond acceptors (Lipinski definition) is 2. The molecule has 0 saturated heterocycles.